The Morgan fingerprint density at radius 2 is 1.08 bits per heavy atom. The molecule has 400 valence electrons. The first kappa shape index (κ1) is 52.1. The second kappa shape index (κ2) is 22.1. The number of rotatable bonds is 15. The molecule has 0 spiro atoms. The number of carbonyl (C=O) groups excluding carboxylic acids is 2. The average Bonchev–Trinajstić information content (AvgIpc) is 4.29. The summed E-state index contributed by atoms with van der Waals surface area (Å²) < 4.78 is 43.4. The number of carbonyl (C=O) groups is 2. The lowest BCUT2D eigenvalue weighted by Crippen LogP contribution is -2.54. The van der Waals surface area contributed by atoms with Gasteiger partial charge >= 0.3 is 12.2 Å². The Kier molecular flexibility index (Phi) is 15.4. The van der Waals surface area contributed by atoms with Crippen molar-refractivity contribution in [2.75, 3.05) is 50.2 Å². The van der Waals surface area contributed by atoms with Gasteiger partial charge in [-0.2, -0.15) is 0 Å². The Hall–Kier alpha value is -6.34. The van der Waals surface area contributed by atoms with E-state index in [4.69, 9.17) is 19.4 Å². The molecule has 4 aliphatic rings. The molecule has 75 heavy (non-hydrogen) atoms. The van der Waals surface area contributed by atoms with Crippen LogP contribution in [0.5, 0.6) is 0 Å². The van der Waals surface area contributed by atoms with E-state index >= 15 is 8.78 Å². The summed E-state index contributed by atoms with van der Waals surface area (Å²) in [6.45, 7) is 10.1. The lowest BCUT2D eigenvalue weighted by molar-refractivity contribution is -0.0440. The van der Waals surface area contributed by atoms with Gasteiger partial charge in [0.2, 0.25) is 0 Å². The normalized spacial score (nSPS) is 22.6. The van der Waals surface area contributed by atoms with Crippen LogP contribution in [0.2, 0.25) is 0 Å². The van der Waals surface area contributed by atoms with E-state index in [2.05, 4.69) is 61.9 Å². The Morgan fingerprint density at radius 1 is 0.613 bits per heavy atom. The number of piperidine rings is 1. The number of fused-ring (bicyclic) bond motifs is 2. The van der Waals surface area contributed by atoms with E-state index in [1.165, 1.54) is 31.9 Å². The van der Waals surface area contributed by atoms with Gasteiger partial charge in [0.05, 0.1) is 72.5 Å². The van der Waals surface area contributed by atoms with Gasteiger partial charge in [0.1, 0.15) is 29.8 Å². The number of aromatic nitrogens is 4. The Balaban J connectivity index is 0.963. The molecular formula is C57H72F2N10O6. The number of alkyl carbamates (subject to hydrolysis) is 2. The van der Waals surface area contributed by atoms with Crippen molar-refractivity contribution in [2.45, 2.75) is 134 Å². The number of aliphatic hydroxyl groups is 2. The molecule has 2 amide bonds. The van der Waals surface area contributed by atoms with Crippen LogP contribution in [0.3, 0.4) is 0 Å². The van der Waals surface area contributed by atoms with Crippen LogP contribution in [0.1, 0.15) is 137 Å². The largest absolute Gasteiger partial charge is 0.453 e. The second-order valence-corrected chi connectivity index (χ2v) is 21.7. The van der Waals surface area contributed by atoms with Crippen LogP contribution in [-0.2, 0) is 9.47 Å². The van der Waals surface area contributed by atoms with Crippen molar-refractivity contribution in [1.29, 1.82) is 0 Å². The summed E-state index contributed by atoms with van der Waals surface area (Å²) in [6.07, 6.45) is 3.03. The lowest BCUT2D eigenvalue weighted by atomic mass is 9.89. The Morgan fingerprint density at radius 3 is 1.52 bits per heavy atom. The van der Waals surface area contributed by atoms with Crippen molar-refractivity contribution in [1.82, 2.24) is 40.4 Å². The van der Waals surface area contributed by atoms with Gasteiger partial charge in [0, 0.05) is 31.9 Å². The zero-order valence-electron chi connectivity index (χ0n) is 43.8. The van der Waals surface area contributed by atoms with E-state index in [1.54, 1.807) is 0 Å². The molecule has 16 nitrogen and oxygen atoms in total. The predicted octanol–water partition coefficient (Wildman–Crippen LogP) is 9.86. The van der Waals surface area contributed by atoms with Crippen molar-refractivity contribution in [2.24, 2.45) is 11.8 Å². The fourth-order valence-electron chi connectivity index (χ4n) is 12.6. The number of hydrogen-bond acceptors (Lipinski definition) is 12. The third-order valence-corrected chi connectivity index (χ3v) is 16.5. The van der Waals surface area contributed by atoms with Crippen molar-refractivity contribution in [3.8, 4) is 0 Å². The summed E-state index contributed by atoms with van der Waals surface area (Å²) in [5.41, 5.74) is 6.77. The van der Waals surface area contributed by atoms with Crippen LogP contribution in [-0.4, -0.2) is 117 Å². The highest BCUT2D eigenvalue weighted by atomic mass is 19.1. The molecule has 4 aliphatic heterocycles. The molecular weight excluding hydrogens is 959 g/mol. The van der Waals surface area contributed by atoms with E-state index in [9.17, 15) is 19.8 Å². The summed E-state index contributed by atoms with van der Waals surface area (Å²) in [5, 5.41) is 29.0. The number of benzene rings is 4. The van der Waals surface area contributed by atoms with E-state index in [0.29, 0.717) is 62.3 Å². The highest BCUT2D eigenvalue weighted by molar-refractivity contribution is 5.78. The Bertz CT molecular complexity index is 2800. The molecule has 2 unspecified atom stereocenters. The highest BCUT2D eigenvalue weighted by Crippen LogP contribution is 2.49. The molecule has 0 aliphatic carbocycles. The molecule has 4 aromatic carbocycles. The maximum absolute atomic E-state index is 16.8. The van der Waals surface area contributed by atoms with E-state index < -0.39 is 48.4 Å². The maximum atomic E-state index is 16.8. The van der Waals surface area contributed by atoms with Crippen LogP contribution < -0.4 is 20.4 Å². The first-order valence-electron chi connectivity index (χ1n) is 26.8. The number of methoxy groups -OCH3 is 2. The van der Waals surface area contributed by atoms with Crippen molar-refractivity contribution >= 4 is 45.6 Å². The molecule has 8 atom stereocenters. The minimum atomic E-state index is -0.977. The van der Waals surface area contributed by atoms with Gasteiger partial charge in [0.15, 0.2) is 11.6 Å². The number of amides is 2. The molecule has 10 rings (SSSR count). The average molecular weight is 1030 g/mol. The van der Waals surface area contributed by atoms with Crippen LogP contribution in [0.15, 0.2) is 78.9 Å². The first-order chi connectivity index (χ1) is 36.2. The number of likely N-dealkylation sites (tertiary alicyclic amines) is 2. The van der Waals surface area contributed by atoms with E-state index in [-0.39, 0.29) is 41.7 Å². The van der Waals surface area contributed by atoms with Gasteiger partial charge in [-0.3, -0.25) is 9.80 Å². The van der Waals surface area contributed by atoms with Gasteiger partial charge in [0.25, 0.3) is 0 Å². The molecule has 6 N–H and O–H groups in total. The fraction of sp³-hybridized carbons (Fsp3) is 0.509. The number of hydrogen-bond donors (Lipinski definition) is 6. The molecule has 2 aromatic heterocycles. The highest BCUT2D eigenvalue weighted by Gasteiger charge is 2.42. The summed E-state index contributed by atoms with van der Waals surface area (Å²) in [5.74, 6) is 0.431. The summed E-state index contributed by atoms with van der Waals surface area (Å²) in [4.78, 5) is 49.8. The Labute approximate surface area is 437 Å². The van der Waals surface area contributed by atoms with Crippen molar-refractivity contribution < 1.29 is 38.1 Å². The number of H-pyrrole nitrogens is 2. The lowest BCUT2D eigenvalue weighted by Gasteiger charge is -2.36. The number of halogens is 2. The van der Waals surface area contributed by atoms with Gasteiger partial charge in [-0.15, -0.1) is 0 Å². The van der Waals surface area contributed by atoms with Crippen molar-refractivity contribution in [3.05, 3.63) is 119 Å². The van der Waals surface area contributed by atoms with Crippen LogP contribution >= 0.6 is 0 Å². The van der Waals surface area contributed by atoms with Gasteiger partial charge in [-0.1, -0.05) is 70.2 Å². The summed E-state index contributed by atoms with van der Waals surface area (Å²) in [6, 6.07) is 23.5. The first-order valence-corrected chi connectivity index (χ1v) is 26.8. The molecule has 4 saturated heterocycles. The SMILES string of the molecule is COC(=O)N[C@@H](C(C)C)C(O)N1CCC[C@H]1c1nc2ccc([C@H]3CC[C@H](c4ccc5nc([C@@H]6CCCN6C(O)[C@@H](NC(=O)OC)C(C)C)[nH]c5c4)N3c3cc(F)c(N4CCC(c5ccccc5)CC4)c(F)c3)cc2[nH]1. The van der Waals surface area contributed by atoms with E-state index in [1.807, 2.05) is 72.7 Å². The number of aromatic amines is 2. The smallest absolute Gasteiger partial charge is 0.407 e. The summed E-state index contributed by atoms with van der Waals surface area (Å²) >= 11 is 0. The molecule has 4 fully saturated rings. The molecule has 6 aromatic rings. The summed E-state index contributed by atoms with van der Waals surface area (Å²) in [7, 11) is 2.61. The molecule has 18 heteroatoms. The molecule has 0 saturated carbocycles. The fourth-order valence-corrected chi connectivity index (χ4v) is 12.6. The third-order valence-electron chi connectivity index (χ3n) is 16.5. The number of nitrogens with one attached hydrogen (secondary N) is 4. The standard InChI is InChI=1S/C57H72F2N10O6/c1-32(2)49(64-56(72)74-5)54(70)67-24-10-14-47(67)52-60-41-18-16-36(28-43(41)62-52)45-20-21-46(69(45)38-30-39(58)51(40(59)31-38)66-26-22-35(23-27-66)34-12-8-7-9-13-34)37-17-19-42-44(29-37)63-53(61-42)48-15-11-25-68(48)55(71)50(33(3)4)65-57(73)75-6/h7-9,12-13,16-19,28-33,35,45-50,54-55,70-71H,10-11,14-15,20-27H2,1-6H3,(H,60,62)(H,61,63)(H,64,72)(H,65,73)/t45-,46-,47+,48+,49+,50+,54?,55?/m1/s1. The molecule has 0 radical (unpaired) electrons. The third kappa shape index (κ3) is 10.5. The van der Waals surface area contributed by atoms with Crippen LogP contribution in [0.4, 0.5) is 29.7 Å². The number of aliphatic hydroxyl groups excluding tert-OH is 2. The molecule has 0 bridgehead atoms. The number of ether oxygens (including phenoxy) is 2. The second-order valence-electron chi connectivity index (χ2n) is 21.7. The monoisotopic (exact) mass is 1030 g/mol. The maximum Gasteiger partial charge on any atom is 0.407 e. The van der Waals surface area contributed by atoms with Gasteiger partial charge in [-0.25, -0.2) is 28.3 Å². The quantitative estimate of drug-likeness (QED) is 0.0573. The topological polar surface area (TPSA) is 187 Å². The molecule has 6 heterocycles. The zero-order chi connectivity index (χ0) is 52.7. The minimum Gasteiger partial charge on any atom is -0.453 e. The van der Waals surface area contributed by atoms with Crippen molar-refractivity contribution in [3.63, 3.8) is 0 Å². The number of anilines is 2. The van der Waals surface area contributed by atoms with E-state index in [0.717, 1.165) is 71.7 Å². The zero-order valence-corrected chi connectivity index (χ0v) is 43.8. The number of nitrogens with zero attached hydrogens (tertiary/aromatic N) is 6. The minimum absolute atomic E-state index is 0.00844. The van der Waals surface area contributed by atoms with Gasteiger partial charge in [-0.05, 0) is 122 Å². The number of imidazole rings is 2. The van der Waals surface area contributed by atoms with Crippen LogP contribution in [0, 0.1) is 23.5 Å². The van der Waals surface area contributed by atoms with Crippen LogP contribution in [0.25, 0.3) is 22.1 Å². The van der Waals surface area contributed by atoms with Gasteiger partial charge < -0.3 is 50.1 Å². The predicted molar refractivity (Wildman–Crippen MR) is 284 cm³/mol.